The highest BCUT2D eigenvalue weighted by molar-refractivity contribution is 5.81. The lowest BCUT2D eigenvalue weighted by Gasteiger charge is -2.33. The van der Waals surface area contributed by atoms with Crippen LogP contribution in [0, 0.1) is 0 Å². The number of ether oxygens (including phenoxy) is 1. The zero-order valence-electron chi connectivity index (χ0n) is 16.2. The van der Waals surface area contributed by atoms with E-state index in [1.165, 1.54) is 4.57 Å². The average Bonchev–Trinajstić information content (AvgIpc) is 2.74. The fourth-order valence-electron chi connectivity index (χ4n) is 3.86. The fourth-order valence-corrected chi connectivity index (χ4v) is 3.86. The number of carbonyl (C=O) groups excluding carboxylic acids is 1. The molecule has 7 heteroatoms. The van der Waals surface area contributed by atoms with Crippen LogP contribution in [-0.4, -0.2) is 39.6 Å². The minimum atomic E-state index is -0.597. The SMILES string of the molecule is C[C@@H](Oc1ccccc1)C(=O)N1CCC(n2c(=O)[nH]c3ccccc3c2=O)CC1. The van der Waals surface area contributed by atoms with E-state index in [0.717, 1.165) is 0 Å². The summed E-state index contributed by atoms with van der Waals surface area (Å²) in [7, 11) is 0. The normalized spacial score (nSPS) is 16.0. The van der Waals surface area contributed by atoms with Gasteiger partial charge in [0.25, 0.3) is 11.5 Å². The van der Waals surface area contributed by atoms with E-state index in [1.807, 2.05) is 30.3 Å². The van der Waals surface area contributed by atoms with Crippen molar-refractivity contribution in [2.45, 2.75) is 31.9 Å². The Morgan fingerprint density at radius 1 is 1.03 bits per heavy atom. The quantitative estimate of drug-likeness (QED) is 0.737. The van der Waals surface area contributed by atoms with Crippen molar-refractivity contribution >= 4 is 16.8 Å². The van der Waals surface area contributed by atoms with Crippen molar-refractivity contribution in [3.63, 3.8) is 0 Å². The molecule has 1 aromatic heterocycles. The lowest BCUT2D eigenvalue weighted by molar-refractivity contribution is -0.139. The number of para-hydroxylation sites is 2. The van der Waals surface area contributed by atoms with Crippen molar-refractivity contribution < 1.29 is 9.53 Å². The first-order valence-corrected chi connectivity index (χ1v) is 9.78. The highest BCUT2D eigenvalue weighted by Crippen LogP contribution is 2.22. The summed E-state index contributed by atoms with van der Waals surface area (Å²) in [6.07, 6.45) is 0.497. The van der Waals surface area contributed by atoms with Crippen molar-refractivity contribution in [2.24, 2.45) is 0 Å². The van der Waals surface area contributed by atoms with Crippen molar-refractivity contribution in [1.82, 2.24) is 14.5 Å². The van der Waals surface area contributed by atoms with E-state index >= 15 is 0 Å². The summed E-state index contributed by atoms with van der Waals surface area (Å²) in [5.41, 5.74) is -0.146. The van der Waals surface area contributed by atoms with Gasteiger partial charge in [-0.1, -0.05) is 30.3 Å². The van der Waals surface area contributed by atoms with Crippen molar-refractivity contribution in [1.29, 1.82) is 0 Å². The van der Waals surface area contributed by atoms with Crippen LogP contribution in [0.5, 0.6) is 5.75 Å². The zero-order valence-corrected chi connectivity index (χ0v) is 16.2. The van der Waals surface area contributed by atoms with Gasteiger partial charge in [-0.25, -0.2) is 4.79 Å². The number of amides is 1. The Morgan fingerprint density at radius 2 is 1.69 bits per heavy atom. The molecular weight excluding hydrogens is 370 g/mol. The van der Waals surface area contributed by atoms with E-state index in [9.17, 15) is 14.4 Å². The predicted molar refractivity (Wildman–Crippen MR) is 110 cm³/mol. The molecule has 0 unspecified atom stereocenters. The van der Waals surface area contributed by atoms with Gasteiger partial charge in [0.15, 0.2) is 6.10 Å². The van der Waals surface area contributed by atoms with Gasteiger partial charge in [-0.2, -0.15) is 0 Å². The molecule has 1 saturated heterocycles. The summed E-state index contributed by atoms with van der Waals surface area (Å²) in [6, 6.07) is 16.0. The molecule has 7 nitrogen and oxygen atoms in total. The number of nitrogens with zero attached hydrogens (tertiary/aromatic N) is 2. The molecule has 1 N–H and O–H groups in total. The largest absolute Gasteiger partial charge is 0.481 e. The number of aromatic amines is 1. The van der Waals surface area contributed by atoms with Crippen LogP contribution in [0.15, 0.2) is 64.2 Å². The van der Waals surface area contributed by atoms with E-state index in [-0.39, 0.29) is 17.5 Å². The second kappa shape index (κ2) is 7.95. The van der Waals surface area contributed by atoms with Crippen LogP contribution < -0.4 is 16.0 Å². The van der Waals surface area contributed by atoms with Gasteiger partial charge < -0.3 is 14.6 Å². The minimum absolute atomic E-state index is 0.0907. The predicted octanol–water partition coefficient (Wildman–Crippen LogP) is 2.32. The maximum absolute atomic E-state index is 12.8. The van der Waals surface area contributed by atoms with Crippen LogP contribution in [0.1, 0.15) is 25.8 Å². The molecule has 1 atom stereocenters. The third-order valence-electron chi connectivity index (χ3n) is 5.38. The Hall–Kier alpha value is -3.35. The number of hydrogen-bond acceptors (Lipinski definition) is 4. The van der Waals surface area contributed by atoms with E-state index in [4.69, 9.17) is 4.74 Å². The maximum Gasteiger partial charge on any atom is 0.329 e. The van der Waals surface area contributed by atoms with Gasteiger partial charge in [0.2, 0.25) is 0 Å². The van der Waals surface area contributed by atoms with Crippen LogP contribution in [0.3, 0.4) is 0 Å². The lowest BCUT2D eigenvalue weighted by Crippen LogP contribution is -2.48. The summed E-state index contributed by atoms with van der Waals surface area (Å²) in [4.78, 5) is 42.5. The van der Waals surface area contributed by atoms with Gasteiger partial charge in [-0.05, 0) is 44.0 Å². The number of piperidine rings is 1. The molecule has 1 aliphatic heterocycles. The number of carbonyl (C=O) groups is 1. The molecule has 0 spiro atoms. The van der Waals surface area contributed by atoms with Crippen LogP contribution >= 0.6 is 0 Å². The first-order valence-electron chi connectivity index (χ1n) is 9.78. The Balaban J connectivity index is 1.46. The first-order chi connectivity index (χ1) is 14.0. The smallest absolute Gasteiger partial charge is 0.329 e. The molecule has 29 heavy (non-hydrogen) atoms. The molecule has 0 bridgehead atoms. The van der Waals surface area contributed by atoms with Gasteiger partial charge in [-0.3, -0.25) is 14.2 Å². The standard InChI is InChI=1S/C22H23N3O4/c1-15(29-17-7-3-2-4-8-17)20(26)24-13-11-16(12-14-24)25-21(27)18-9-5-6-10-19(18)23-22(25)28/h2-10,15-16H,11-14H2,1H3,(H,23,28)/t15-/m1/s1. The third-order valence-corrected chi connectivity index (χ3v) is 5.38. The van der Waals surface area contributed by atoms with Gasteiger partial charge in [-0.15, -0.1) is 0 Å². The second-order valence-corrected chi connectivity index (χ2v) is 7.28. The lowest BCUT2D eigenvalue weighted by atomic mass is 10.0. The van der Waals surface area contributed by atoms with Crippen LogP contribution in [0.2, 0.25) is 0 Å². The number of benzene rings is 2. The van der Waals surface area contributed by atoms with E-state index in [1.54, 1.807) is 36.1 Å². The van der Waals surface area contributed by atoms with E-state index in [0.29, 0.717) is 42.6 Å². The molecule has 2 heterocycles. The molecule has 1 fully saturated rings. The molecule has 2 aromatic carbocycles. The Labute approximate surface area is 167 Å². The van der Waals surface area contributed by atoms with Gasteiger partial charge in [0.05, 0.1) is 10.9 Å². The summed E-state index contributed by atoms with van der Waals surface area (Å²) in [5.74, 6) is 0.560. The number of rotatable bonds is 4. The number of H-pyrrole nitrogens is 1. The molecule has 0 aliphatic carbocycles. The molecule has 4 rings (SSSR count). The van der Waals surface area contributed by atoms with Crippen LogP contribution in [0.25, 0.3) is 10.9 Å². The monoisotopic (exact) mass is 393 g/mol. The molecular formula is C22H23N3O4. The van der Waals surface area contributed by atoms with Crippen molar-refractivity contribution in [3.05, 3.63) is 75.4 Å². The Morgan fingerprint density at radius 3 is 2.41 bits per heavy atom. The molecule has 1 aliphatic rings. The topological polar surface area (TPSA) is 84.4 Å². The minimum Gasteiger partial charge on any atom is -0.481 e. The van der Waals surface area contributed by atoms with Gasteiger partial charge >= 0.3 is 5.69 Å². The number of likely N-dealkylation sites (tertiary alicyclic amines) is 1. The molecule has 1 amide bonds. The zero-order chi connectivity index (χ0) is 20.4. The first kappa shape index (κ1) is 19.0. The molecule has 0 saturated carbocycles. The summed E-state index contributed by atoms with van der Waals surface area (Å²) in [5, 5.41) is 0.496. The van der Waals surface area contributed by atoms with E-state index < -0.39 is 11.8 Å². The highest BCUT2D eigenvalue weighted by Gasteiger charge is 2.29. The molecule has 0 radical (unpaired) electrons. The third kappa shape index (κ3) is 3.81. The summed E-state index contributed by atoms with van der Waals surface area (Å²) in [6.45, 7) is 2.69. The molecule has 3 aromatic rings. The van der Waals surface area contributed by atoms with Gasteiger partial charge in [0.1, 0.15) is 5.75 Å². The van der Waals surface area contributed by atoms with Crippen LogP contribution in [-0.2, 0) is 4.79 Å². The van der Waals surface area contributed by atoms with Crippen molar-refractivity contribution in [2.75, 3.05) is 13.1 Å². The molecule has 150 valence electrons. The van der Waals surface area contributed by atoms with Gasteiger partial charge in [0, 0.05) is 19.1 Å². The van der Waals surface area contributed by atoms with Crippen molar-refractivity contribution in [3.8, 4) is 5.75 Å². The Bertz CT molecular complexity index is 1130. The fraction of sp³-hybridized carbons (Fsp3) is 0.318. The number of hydrogen-bond donors (Lipinski definition) is 1. The second-order valence-electron chi connectivity index (χ2n) is 7.28. The van der Waals surface area contributed by atoms with Crippen LogP contribution in [0.4, 0.5) is 0 Å². The highest BCUT2D eigenvalue weighted by atomic mass is 16.5. The average molecular weight is 393 g/mol. The Kier molecular flexibility index (Phi) is 5.20. The number of aromatic nitrogens is 2. The number of fused-ring (bicyclic) bond motifs is 1. The summed E-state index contributed by atoms with van der Waals surface area (Å²) < 4.78 is 7.03. The number of nitrogens with one attached hydrogen (secondary N) is 1. The maximum atomic E-state index is 12.8. The summed E-state index contributed by atoms with van der Waals surface area (Å²) >= 11 is 0. The van der Waals surface area contributed by atoms with E-state index in [2.05, 4.69) is 4.98 Å².